The van der Waals surface area contributed by atoms with E-state index in [9.17, 15) is 14.4 Å². The minimum atomic E-state index is -0.867. The Balaban J connectivity index is 1.51. The fourth-order valence-electron chi connectivity index (χ4n) is 4.37. The van der Waals surface area contributed by atoms with Crippen LogP contribution in [0.5, 0.6) is 0 Å². The van der Waals surface area contributed by atoms with E-state index in [1.165, 1.54) is 0 Å². The number of benzene rings is 2. The fourth-order valence-corrected chi connectivity index (χ4v) is 4.37. The van der Waals surface area contributed by atoms with Crippen LogP contribution in [0.25, 0.3) is 0 Å². The Morgan fingerprint density at radius 1 is 1.07 bits per heavy atom. The van der Waals surface area contributed by atoms with Gasteiger partial charge in [-0.15, -0.1) is 0 Å². The quantitative estimate of drug-likeness (QED) is 0.589. The second-order valence-corrected chi connectivity index (χ2v) is 7.98. The van der Waals surface area contributed by atoms with E-state index in [2.05, 4.69) is 10.7 Å². The van der Waals surface area contributed by atoms with E-state index in [1.54, 1.807) is 5.01 Å². The van der Waals surface area contributed by atoms with Gasteiger partial charge in [-0.1, -0.05) is 56.2 Å². The summed E-state index contributed by atoms with van der Waals surface area (Å²) in [4.78, 5) is 39.6. The van der Waals surface area contributed by atoms with Crippen LogP contribution >= 0.6 is 0 Å². The molecule has 4 amide bonds. The van der Waals surface area contributed by atoms with Crippen LogP contribution in [0.15, 0.2) is 60.7 Å². The van der Waals surface area contributed by atoms with Crippen molar-refractivity contribution in [3.8, 4) is 0 Å². The lowest BCUT2D eigenvalue weighted by Crippen LogP contribution is -2.54. The van der Waals surface area contributed by atoms with Gasteiger partial charge in [0.1, 0.15) is 12.1 Å². The zero-order valence-corrected chi connectivity index (χ0v) is 17.0. The van der Waals surface area contributed by atoms with Gasteiger partial charge in [0.15, 0.2) is 0 Å². The first-order chi connectivity index (χ1) is 14.5. The van der Waals surface area contributed by atoms with Crippen LogP contribution in [0, 0.1) is 5.92 Å². The van der Waals surface area contributed by atoms with Crippen LogP contribution in [0.2, 0.25) is 0 Å². The van der Waals surface area contributed by atoms with Crippen molar-refractivity contribution in [2.75, 3.05) is 11.6 Å². The number of carbonyl (C=O) groups is 3. The van der Waals surface area contributed by atoms with Crippen LogP contribution < -0.4 is 15.8 Å². The average Bonchev–Trinajstić information content (AvgIpc) is 3.00. The molecule has 1 aliphatic heterocycles. The third-order valence-corrected chi connectivity index (χ3v) is 6.07. The number of para-hydroxylation sites is 2. The lowest BCUT2D eigenvalue weighted by Gasteiger charge is -2.36. The van der Waals surface area contributed by atoms with E-state index in [0.717, 1.165) is 35.5 Å². The standard InChI is InChI=1S/C23H26N4O3/c1-17-10-8-9-15-23(17)21(29)26(22(30)24-23)16-20(28)25-27(18-11-4-2-5-12-18)19-13-6-3-7-14-19/h2-7,11-14,17H,8-10,15-16H2,1H3,(H,24,30)(H,25,28). The Bertz CT molecular complexity index is 894. The molecule has 0 aromatic heterocycles. The molecule has 2 aliphatic rings. The van der Waals surface area contributed by atoms with E-state index < -0.39 is 17.5 Å². The second kappa shape index (κ2) is 8.18. The van der Waals surface area contributed by atoms with Crippen LogP contribution in [-0.2, 0) is 9.59 Å². The first kappa shape index (κ1) is 19.9. The molecule has 2 unspecified atom stereocenters. The molecule has 1 spiro atoms. The predicted octanol–water partition coefficient (Wildman–Crippen LogP) is 3.36. The van der Waals surface area contributed by atoms with Crippen molar-refractivity contribution in [1.82, 2.24) is 15.6 Å². The van der Waals surface area contributed by atoms with Crippen molar-refractivity contribution >= 4 is 29.2 Å². The van der Waals surface area contributed by atoms with Crippen molar-refractivity contribution in [2.45, 2.75) is 38.1 Å². The highest BCUT2D eigenvalue weighted by Gasteiger charge is 2.55. The first-order valence-electron chi connectivity index (χ1n) is 10.3. The minimum Gasteiger partial charge on any atom is -0.323 e. The predicted molar refractivity (Wildman–Crippen MR) is 114 cm³/mol. The highest BCUT2D eigenvalue weighted by molar-refractivity contribution is 6.09. The maximum absolute atomic E-state index is 13.1. The summed E-state index contributed by atoms with van der Waals surface area (Å²) in [7, 11) is 0. The van der Waals surface area contributed by atoms with Gasteiger partial charge in [0.2, 0.25) is 0 Å². The number of carbonyl (C=O) groups excluding carboxylic acids is 3. The van der Waals surface area contributed by atoms with Gasteiger partial charge < -0.3 is 5.32 Å². The molecule has 1 saturated heterocycles. The number of imide groups is 1. The molecule has 7 nitrogen and oxygen atoms in total. The summed E-state index contributed by atoms with van der Waals surface area (Å²) in [5.41, 5.74) is 3.51. The molecule has 7 heteroatoms. The molecule has 156 valence electrons. The topological polar surface area (TPSA) is 81.8 Å². The summed E-state index contributed by atoms with van der Waals surface area (Å²) in [6.45, 7) is 1.67. The van der Waals surface area contributed by atoms with Crippen molar-refractivity contribution in [3.63, 3.8) is 0 Å². The lowest BCUT2D eigenvalue weighted by atomic mass is 9.73. The van der Waals surface area contributed by atoms with Gasteiger partial charge in [0, 0.05) is 0 Å². The zero-order valence-electron chi connectivity index (χ0n) is 17.0. The highest BCUT2D eigenvalue weighted by atomic mass is 16.2. The molecule has 2 aromatic rings. The van der Waals surface area contributed by atoms with Gasteiger partial charge in [0.25, 0.3) is 11.8 Å². The largest absolute Gasteiger partial charge is 0.325 e. The van der Waals surface area contributed by atoms with Gasteiger partial charge >= 0.3 is 6.03 Å². The zero-order chi connectivity index (χ0) is 21.1. The number of amides is 4. The number of urea groups is 1. The number of hydrogen-bond donors (Lipinski definition) is 2. The molecule has 2 atom stereocenters. The van der Waals surface area contributed by atoms with E-state index in [4.69, 9.17) is 0 Å². The highest BCUT2D eigenvalue weighted by Crippen LogP contribution is 2.38. The summed E-state index contributed by atoms with van der Waals surface area (Å²) in [6.07, 6.45) is 3.46. The molecule has 4 rings (SSSR count). The smallest absolute Gasteiger partial charge is 0.323 e. The summed E-state index contributed by atoms with van der Waals surface area (Å²) >= 11 is 0. The Morgan fingerprint density at radius 3 is 2.23 bits per heavy atom. The molecule has 2 fully saturated rings. The minimum absolute atomic E-state index is 0.0564. The molecule has 1 heterocycles. The van der Waals surface area contributed by atoms with Gasteiger partial charge in [-0.25, -0.2) is 4.79 Å². The normalized spacial score (nSPS) is 23.4. The second-order valence-electron chi connectivity index (χ2n) is 7.98. The van der Waals surface area contributed by atoms with Gasteiger partial charge in [-0.3, -0.25) is 24.9 Å². The van der Waals surface area contributed by atoms with Gasteiger partial charge in [-0.2, -0.15) is 0 Å². The van der Waals surface area contributed by atoms with E-state index >= 15 is 0 Å². The van der Waals surface area contributed by atoms with Crippen molar-refractivity contribution in [3.05, 3.63) is 60.7 Å². The molecule has 2 N–H and O–H groups in total. The van der Waals surface area contributed by atoms with Crippen LogP contribution in [0.3, 0.4) is 0 Å². The van der Waals surface area contributed by atoms with Crippen molar-refractivity contribution < 1.29 is 14.4 Å². The van der Waals surface area contributed by atoms with Crippen LogP contribution in [0.1, 0.15) is 32.6 Å². The number of hydrogen-bond acceptors (Lipinski definition) is 4. The van der Waals surface area contributed by atoms with Gasteiger partial charge in [0.05, 0.1) is 11.4 Å². The molecular formula is C23H26N4O3. The maximum Gasteiger partial charge on any atom is 0.325 e. The number of nitrogens with zero attached hydrogens (tertiary/aromatic N) is 2. The SMILES string of the molecule is CC1CCCCC12NC(=O)N(CC(=O)NN(c1ccccc1)c1ccccc1)C2=O. The molecular weight excluding hydrogens is 380 g/mol. The Hall–Kier alpha value is -3.35. The fraction of sp³-hybridized carbons (Fsp3) is 0.348. The molecule has 1 saturated carbocycles. The number of rotatable bonds is 5. The average molecular weight is 406 g/mol. The monoisotopic (exact) mass is 406 g/mol. The van der Waals surface area contributed by atoms with Crippen LogP contribution in [0.4, 0.5) is 16.2 Å². The first-order valence-corrected chi connectivity index (χ1v) is 10.3. The summed E-state index contributed by atoms with van der Waals surface area (Å²) in [6, 6.07) is 18.3. The third kappa shape index (κ3) is 3.63. The van der Waals surface area contributed by atoms with Gasteiger partial charge in [-0.05, 0) is 43.0 Å². The lowest BCUT2D eigenvalue weighted by molar-refractivity contribution is -0.137. The third-order valence-electron chi connectivity index (χ3n) is 6.07. The van der Waals surface area contributed by atoms with E-state index in [-0.39, 0.29) is 18.4 Å². The summed E-state index contributed by atoms with van der Waals surface area (Å²) in [5, 5.41) is 4.54. The number of nitrogens with one attached hydrogen (secondary N) is 2. The van der Waals surface area contributed by atoms with Crippen LogP contribution in [-0.4, -0.2) is 34.8 Å². The molecule has 0 radical (unpaired) electrons. The Kier molecular flexibility index (Phi) is 5.44. The van der Waals surface area contributed by atoms with E-state index in [0.29, 0.717) is 6.42 Å². The summed E-state index contributed by atoms with van der Waals surface area (Å²) < 4.78 is 0. The summed E-state index contributed by atoms with van der Waals surface area (Å²) in [5.74, 6) is -0.673. The van der Waals surface area contributed by atoms with Crippen molar-refractivity contribution in [1.29, 1.82) is 0 Å². The van der Waals surface area contributed by atoms with E-state index in [1.807, 2.05) is 67.6 Å². The molecule has 1 aliphatic carbocycles. The molecule has 30 heavy (non-hydrogen) atoms. The molecule has 2 aromatic carbocycles. The number of hydrazine groups is 1. The Morgan fingerprint density at radius 2 is 1.67 bits per heavy atom. The molecule has 0 bridgehead atoms. The van der Waals surface area contributed by atoms with Crippen molar-refractivity contribution in [2.24, 2.45) is 5.92 Å². The number of anilines is 2. The Labute approximate surface area is 176 Å². The maximum atomic E-state index is 13.1.